The summed E-state index contributed by atoms with van der Waals surface area (Å²) in [5.74, 6) is -0.346. The highest BCUT2D eigenvalue weighted by Crippen LogP contribution is 2.28. The summed E-state index contributed by atoms with van der Waals surface area (Å²) in [5, 5.41) is 10.7. The van der Waals surface area contributed by atoms with Crippen molar-refractivity contribution in [2.24, 2.45) is 0 Å². The van der Waals surface area contributed by atoms with Crippen molar-refractivity contribution < 1.29 is 9.50 Å². The molecule has 0 saturated heterocycles. The van der Waals surface area contributed by atoms with Gasteiger partial charge in [-0.15, -0.1) is 0 Å². The van der Waals surface area contributed by atoms with Crippen LogP contribution in [-0.2, 0) is 0 Å². The first-order valence-corrected chi connectivity index (χ1v) is 6.07. The number of fused-ring (bicyclic) bond motifs is 1. The maximum Gasteiger partial charge on any atom is 0.141 e. The smallest absolute Gasteiger partial charge is 0.141 e. The molecule has 2 aromatic carbocycles. The van der Waals surface area contributed by atoms with Gasteiger partial charge in [0.2, 0.25) is 0 Å². The Morgan fingerprint density at radius 3 is 2.68 bits per heavy atom. The van der Waals surface area contributed by atoms with Crippen molar-refractivity contribution in [1.29, 1.82) is 0 Å². The van der Waals surface area contributed by atoms with Crippen molar-refractivity contribution in [3.63, 3.8) is 0 Å². The van der Waals surface area contributed by atoms with Crippen molar-refractivity contribution >= 4 is 22.5 Å². The highest BCUT2D eigenvalue weighted by Gasteiger charge is 2.07. The standard InChI is InChI=1S/C15H9ClFNO/c16-11-8-10(4-6-12(11)17)13-7-5-9-2-1-3-14(19)15(9)18-13/h1-8,19H. The molecule has 0 aliphatic heterocycles. The minimum atomic E-state index is -0.464. The molecule has 0 spiro atoms. The molecule has 0 radical (unpaired) electrons. The van der Waals surface area contributed by atoms with Gasteiger partial charge in [-0.1, -0.05) is 29.8 Å². The van der Waals surface area contributed by atoms with Gasteiger partial charge in [0, 0.05) is 10.9 Å². The average Bonchev–Trinajstić information content (AvgIpc) is 2.42. The van der Waals surface area contributed by atoms with Gasteiger partial charge in [0.05, 0.1) is 10.7 Å². The monoisotopic (exact) mass is 273 g/mol. The Kier molecular flexibility index (Phi) is 2.84. The van der Waals surface area contributed by atoms with Crippen LogP contribution in [0.5, 0.6) is 5.75 Å². The molecule has 0 bridgehead atoms. The van der Waals surface area contributed by atoms with Crippen LogP contribution < -0.4 is 0 Å². The van der Waals surface area contributed by atoms with Crippen molar-refractivity contribution in [3.8, 4) is 17.0 Å². The molecule has 3 aromatic rings. The summed E-state index contributed by atoms with van der Waals surface area (Å²) in [4.78, 5) is 4.38. The Hall–Kier alpha value is -2.13. The van der Waals surface area contributed by atoms with Crippen LogP contribution in [0, 0.1) is 5.82 Å². The van der Waals surface area contributed by atoms with E-state index in [4.69, 9.17) is 11.6 Å². The highest BCUT2D eigenvalue weighted by atomic mass is 35.5. The molecule has 0 amide bonds. The van der Waals surface area contributed by atoms with Crippen LogP contribution in [0.1, 0.15) is 0 Å². The molecule has 19 heavy (non-hydrogen) atoms. The highest BCUT2D eigenvalue weighted by molar-refractivity contribution is 6.31. The third kappa shape index (κ3) is 2.13. The predicted molar refractivity (Wildman–Crippen MR) is 73.8 cm³/mol. The summed E-state index contributed by atoms with van der Waals surface area (Å²) in [7, 11) is 0. The van der Waals surface area contributed by atoms with Crippen LogP contribution in [-0.4, -0.2) is 10.1 Å². The molecule has 1 aromatic heterocycles. The number of benzene rings is 2. The summed E-state index contributed by atoms with van der Waals surface area (Å²) in [6, 6.07) is 13.3. The van der Waals surface area contributed by atoms with E-state index in [1.165, 1.54) is 12.1 Å². The second kappa shape index (κ2) is 4.52. The quantitative estimate of drug-likeness (QED) is 0.713. The zero-order valence-electron chi connectivity index (χ0n) is 9.77. The lowest BCUT2D eigenvalue weighted by molar-refractivity contribution is 0.480. The van der Waals surface area contributed by atoms with Crippen molar-refractivity contribution in [1.82, 2.24) is 4.98 Å². The summed E-state index contributed by atoms with van der Waals surface area (Å²) in [6.45, 7) is 0. The second-order valence-corrected chi connectivity index (χ2v) is 4.58. The maximum absolute atomic E-state index is 13.1. The fourth-order valence-corrected chi connectivity index (χ4v) is 2.13. The summed E-state index contributed by atoms with van der Waals surface area (Å²) in [6.07, 6.45) is 0. The second-order valence-electron chi connectivity index (χ2n) is 4.17. The van der Waals surface area contributed by atoms with E-state index in [1.807, 2.05) is 18.2 Å². The van der Waals surface area contributed by atoms with Crippen LogP contribution in [0.2, 0.25) is 5.02 Å². The molecule has 0 aliphatic carbocycles. The Morgan fingerprint density at radius 1 is 1.05 bits per heavy atom. The van der Waals surface area contributed by atoms with E-state index in [9.17, 15) is 9.50 Å². The van der Waals surface area contributed by atoms with Gasteiger partial charge in [-0.25, -0.2) is 9.37 Å². The molecule has 4 heteroatoms. The molecule has 2 nitrogen and oxygen atoms in total. The van der Waals surface area contributed by atoms with E-state index in [1.54, 1.807) is 18.2 Å². The van der Waals surface area contributed by atoms with Crippen LogP contribution in [0.3, 0.4) is 0 Å². The zero-order chi connectivity index (χ0) is 13.4. The summed E-state index contributed by atoms with van der Waals surface area (Å²) in [5.41, 5.74) is 1.85. The van der Waals surface area contributed by atoms with Crippen LogP contribution in [0.25, 0.3) is 22.2 Å². The molecule has 0 aliphatic rings. The van der Waals surface area contributed by atoms with Gasteiger partial charge >= 0.3 is 0 Å². The number of hydrogen-bond acceptors (Lipinski definition) is 2. The molecule has 0 saturated carbocycles. The Bertz CT molecular complexity index is 773. The zero-order valence-corrected chi connectivity index (χ0v) is 10.5. The van der Waals surface area contributed by atoms with Crippen molar-refractivity contribution in [3.05, 3.63) is 59.4 Å². The molecule has 0 atom stereocenters. The normalized spacial score (nSPS) is 10.8. The number of rotatable bonds is 1. The topological polar surface area (TPSA) is 33.1 Å². The van der Waals surface area contributed by atoms with Gasteiger partial charge in [-0.05, 0) is 30.3 Å². The van der Waals surface area contributed by atoms with E-state index in [0.29, 0.717) is 16.8 Å². The molecular weight excluding hydrogens is 265 g/mol. The largest absolute Gasteiger partial charge is 0.506 e. The fourth-order valence-electron chi connectivity index (χ4n) is 1.95. The van der Waals surface area contributed by atoms with Crippen LogP contribution in [0.15, 0.2) is 48.5 Å². The number of nitrogens with zero attached hydrogens (tertiary/aromatic N) is 1. The van der Waals surface area contributed by atoms with Gasteiger partial charge in [0.15, 0.2) is 0 Å². The SMILES string of the molecule is Oc1cccc2ccc(-c3ccc(F)c(Cl)c3)nc12. The first kappa shape index (κ1) is 11.9. The number of phenolic OH excluding ortho intramolecular Hbond substituents is 1. The Labute approximate surface area is 114 Å². The lowest BCUT2D eigenvalue weighted by Gasteiger charge is -2.05. The van der Waals surface area contributed by atoms with E-state index >= 15 is 0 Å². The van der Waals surface area contributed by atoms with Gasteiger partial charge in [-0.3, -0.25) is 0 Å². The molecule has 1 N–H and O–H groups in total. The van der Waals surface area contributed by atoms with Gasteiger partial charge in [0.25, 0.3) is 0 Å². The number of pyridine rings is 1. The van der Waals surface area contributed by atoms with Gasteiger partial charge in [-0.2, -0.15) is 0 Å². The predicted octanol–water partition coefficient (Wildman–Crippen LogP) is 4.40. The third-order valence-electron chi connectivity index (χ3n) is 2.91. The summed E-state index contributed by atoms with van der Waals surface area (Å²) < 4.78 is 13.1. The molecular formula is C15H9ClFNO. The number of aromatic hydroxyl groups is 1. The number of halogens is 2. The first-order valence-electron chi connectivity index (χ1n) is 5.69. The minimum absolute atomic E-state index is 0.0525. The first-order chi connectivity index (χ1) is 9.15. The molecule has 94 valence electrons. The number of para-hydroxylation sites is 1. The summed E-state index contributed by atoms with van der Waals surface area (Å²) >= 11 is 5.76. The maximum atomic E-state index is 13.1. The molecule has 0 unspecified atom stereocenters. The Balaban J connectivity index is 2.20. The van der Waals surface area contributed by atoms with E-state index in [2.05, 4.69) is 4.98 Å². The van der Waals surface area contributed by atoms with E-state index < -0.39 is 5.82 Å². The van der Waals surface area contributed by atoms with Crippen LogP contribution in [0.4, 0.5) is 4.39 Å². The number of aromatic nitrogens is 1. The van der Waals surface area contributed by atoms with Crippen LogP contribution >= 0.6 is 11.6 Å². The van der Waals surface area contributed by atoms with Gasteiger partial charge in [0.1, 0.15) is 17.1 Å². The lowest BCUT2D eigenvalue weighted by atomic mass is 10.1. The van der Waals surface area contributed by atoms with Crippen molar-refractivity contribution in [2.75, 3.05) is 0 Å². The lowest BCUT2D eigenvalue weighted by Crippen LogP contribution is -1.87. The van der Waals surface area contributed by atoms with E-state index in [-0.39, 0.29) is 10.8 Å². The number of hydrogen-bond donors (Lipinski definition) is 1. The average molecular weight is 274 g/mol. The van der Waals surface area contributed by atoms with Crippen molar-refractivity contribution in [2.45, 2.75) is 0 Å². The molecule has 0 fully saturated rings. The van der Waals surface area contributed by atoms with Gasteiger partial charge < -0.3 is 5.11 Å². The fraction of sp³-hybridized carbons (Fsp3) is 0. The third-order valence-corrected chi connectivity index (χ3v) is 3.20. The van der Waals surface area contributed by atoms with E-state index in [0.717, 1.165) is 5.39 Å². The Morgan fingerprint density at radius 2 is 1.89 bits per heavy atom. The molecule has 3 rings (SSSR count). The number of phenols is 1. The molecule has 1 heterocycles. The minimum Gasteiger partial charge on any atom is -0.506 e.